The smallest absolute Gasteiger partial charge is 0.224 e. The van der Waals surface area contributed by atoms with Crippen molar-refractivity contribution in [3.8, 4) is 0 Å². The highest BCUT2D eigenvalue weighted by atomic mass is 79.9. The number of aromatic nitrogens is 2. The zero-order valence-corrected chi connectivity index (χ0v) is 12.1. The van der Waals surface area contributed by atoms with E-state index in [9.17, 15) is 4.39 Å². The SMILES string of the molecule is Cc1cc(Br)cc(C)c1Nc1nc(Cl)ncc1F. The monoisotopic (exact) mass is 329 g/mol. The quantitative estimate of drug-likeness (QED) is 0.830. The van der Waals surface area contributed by atoms with Gasteiger partial charge in [-0.25, -0.2) is 9.37 Å². The summed E-state index contributed by atoms with van der Waals surface area (Å²) in [5, 5.41) is 2.95. The highest BCUT2D eigenvalue weighted by Crippen LogP contribution is 2.28. The van der Waals surface area contributed by atoms with Crippen LogP contribution in [0.1, 0.15) is 11.1 Å². The lowest BCUT2D eigenvalue weighted by molar-refractivity contribution is 0.619. The third-order valence-corrected chi connectivity index (χ3v) is 3.10. The van der Waals surface area contributed by atoms with Crippen molar-refractivity contribution < 1.29 is 4.39 Å². The summed E-state index contributed by atoms with van der Waals surface area (Å²) in [4.78, 5) is 7.40. The number of nitrogens with zero attached hydrogens (tertiary/aromatic N) is 2. The Bertz CT molecular complexity index is 581. The Labute approximate surface area is 118 Å². The van der Waals surface area contributed by atoms with Gasteiger partial charge >= 0.3 is 0 Å². The largest absolute Gasteiger partial charge is 0.337 e. The predicted molar refractivity (Wildman–Crippen MR) is 73.9 cm³/mol. The van der Waals surface area contributed by atoms with Crippen LogP contribution in [0, 0.1) is 19.7 Å². The summed E-state index contributed by atoms with van der Waals surface area (Å²) in [7, 11) is 0. The maximum Gasteiger partial charge on any atom is 0.224 e. The molecular weight excluding hydrogens is 321 g/mol. The van der Waals surface area contributed by atoms with Crippen LogP contribution in [-0.2, 0) is 0 Å². The van der Waals surface area contributed by atoms with Crippen molar-refractivity contribution in [3.05, 3.63) is 45.0 Å². The van der Waals surface area contributed by atoms with Crippen molar-refractivity contribution in [1.82, 2.24) is 9.97 Å². The van der Waals surface area contributed by atoms with E-state index in [0.717, 1.165) is 27.5 Å². The zero-order valence-electron chi connectivity index (χ0n) is 9.76. The van der Waals surface area contributed by atoms with E-state index in [-0.39, 0.29) is 11.1 Å². The summed E-state index contributed by atoms with van der Waals surface area (Å²) in [6, 6.07) is 3.88. The molecular formula is C12H10BrClFN3. The van der Waals surface area contributed by atoms with Crippen molar-refractivity contribution in [2.24, 2.45) is 0 Å². The van der Waals surface area contributed by atoms with Gasteiger partial charge in [-0.3, -0.25) is 0 Å². The van der Waals surface area contributed by atoms with Gasteiger partial charge < -0.3 is 5.32 Å². The number of nitrogens with one attached hydrogen (secondary N) is 1. The molecule has 0 atom stereocenters. The van der Waals surface area contributed by atoms with Crippen molar-refractivity contribution >= 4 is 39.0 Å². The Hall–Kier alpha value is -1.20. The fourth-order valence-corrected chi connectivity index (χ4v) is 2.48. The van der Waals surface area contributed by atoms with Gasteiger partial charge in [-0.1, -0.05) is 15.9 Å². The average molecular weight is 331 g/mol. The van der Waals surface area contributed by atoms with Gasteiger partial charge in [0.2, 0.25) is 5.28 Å². The molecule has 6 heteroatoms. The van der Waals surface area contributed by atoms with E-state index in [1.54, 1.807) is 0 Å². The molecule has 0 aliphatic carbocycles. The maximum absolute atomic E-state index is 13.5. The predicted octanol–water partition coefficient (Wildman–Crippen LogP) is 4.39. The Morgan fingerprint density at radius 1 is 1.28 bits per heavy atom. The van der Waals surface area contributed by atoms with E-state index < -0.39 is 5.82 Å². The molecule has 1 heterocycles. The average Bonchev–Trinajstić information content (AvgIpc) is 2.28. The second kappa shape index (κ2) is 5.20. The minimum atomic E-state index is -0.541. The third-order valence-electron chi connectivity index (χ3n) is 2.46. The second-order valence-corrected chi connectivity index (χ2v) is 5.13. The molecule has 0 amide bonds. The fourth-order valence-electron chi connectivity index (χ4n) is 1.66. The highest BCUT2D eigenvalue weighted by Gasteiger charge is 2.10. The molecule has 0 aliphatic heterocycles. The minimum absolute atomic E-state index is 0.00585. The van der Waals surface area contributed by atoms with Crippen LogP contribution >= 0.6 is 27.5 Å². The highest BCUT2D eigenvalue weighted by molar-refractivity contribution is 9.10. The van der Waals surface area contributed by atoms with E-state index in [4.69, 9.17) is 11.6 Å². The van der Waals surface area contributed by atoms with Crippen LogP contribution in [-0.4, -0.2) is 9.97 Å². The number of rotatable bonds is 2. The molecule has 0 saturated carbocycles. The molecule has 0 fully saturated rings. The lowest BCUT2D eigenvalue weighted by Gasteiger charge is -2.13. The van der Waals surface area contributed by atoms with Gasteiger partial charge in [0.25, 0.3) is 0 Å². The Balaban J connectivity index is 2.43. The second-order valence-electron chi connectivity index (χ2n) is 3.88. The Morgan fingerprint density at radius 2 is 1.89 bits per heavy atom. The molecule has 0 saturated heterocycles. The topological polar surface area (TPSA) is 37.8 Å². The first kappa shape index (κ1) is 13.2. The molecule has 0 unspecified atom stereocenters. The molecule has 1 aromatic carbocycles. The van der Waals surface area contributed by atoms with Crippen LogP contribution in [0.15, 0.2) is 22.8 Å². The van der Waals surface area contributed by atoms with Gasteiger partial charge in [0.05, 0.1) is 6.20 Å². The van der Waals surface area contributed by atoms with E-state index in [1.165, 1.54) is 0 Å². The third kappa shape index (κ3) is 2.79. The fraction of sp³-hybridized carbons (Fsp3) is 0.167. The van der Waals surface area contributed by atoms with Crippen LogP contribution < -0.4 is 5.32 Å². The van der Waals surface area contributed by atoms with E-state index in [0.29, 0.717) is 0 Å². The van der Waals surface area contributed by atoms with Gasteiger partial charge in [-0.05, 0) is 48.7 Å². The zero-order chi connectivity index (χ0) is 13.3. The summed E-state index contributed by atoms with van der Waals surface area (Å²) in [5.41, 5.74) is 2.78. The normalized spacial score (nSPS) is 10.5. The number of anilines is 2. The summed E-state index contributed by atoms with van der Waals surface area (Å²) in [5.74, 6) is -0.468. The molecule has 0 aliphatic rings. The van der Waals surface area contributed by atoms with Crippen molar-refractivity contribution in [1.29, 1.82) is 0 Å². The molecule has 1 aromatic heterocycles. The number of aryl methyl sites for hydroxylation is 2. The number of halogens is 3. The van der Waals surface area contributed by atoms with Crippen molar-refractivity contribution in [2.45, 2.75) is 13.8 Å². The van der Waals surface area contributed by atoms with Crippen molar-refractivity contribution in [3.63, 3.8) is 0 Å². The summed E-state index contributed by atoms with van der Waals surface area (Å²) >= 11 is 9.06. The number of hydrogen-bond donors (Lipinski definition) is 1. The maximum atomic E-state index is 13.5. The lowest BCUT2D eigenvalue weighted by atomic mass is 10.1. The molecule has 2 rings (SSSR count). The number of benzene rings is 1. The summed E-state index contributed by atoms with van der Waals surface area (Å²) < 4.78 is 14.5. The first-order valence-corrected chi connectivity index (χ1v) is 6.36. The van der Waals surface area contributed by atoms with Gasteiger partial charge in [-0.15, -0.1) is 0 Å². The van der Waals surface area contributed by atoms with E-state index in [2.05, 4.69) is 31.2 Å². The minimum Gasteiger partial charge on any atom is -0.337 e. The van der Waals surface area contributed by atoms with E-state index >= 15 is 0 Å². The van der Waals surface area contributed by atoms with Gasteiger partial charge in [0, 0.05) is 10.2 Å². The summed E-state index contributed by atoms with van der Waals surface area (Å²) in [6.07, 6.45) is 1.04. The summed E-state index contributed by atoms with van der Waals surface area (Å²) in [6.45, 7) is 3.86. The molecule has 0 spiro atoms. The standard InChI is InChI=1S/C12H10BrClFN3/c1-6-3-8(13)4-7(2)10(6)17-11-9(15)5-16-12(14)18-11/h3-5H,1-2H3,(H,16,17,18). The molecule has 2 aromatic rings. The van der Waals surface area contributed by atoms with Crippen LogP contribution in [0.4, 0.5) is 15.9 Å². The molecule has 1 N–H and O–H groups in total. The van der Waals surface area contributed by atoms with Gasteiger partial charge in [0.1, 0.15) is 0 Å². The van der Waals surface area contributed by atoms with Crippen molar-refractivity contribution in [2.75, 3.05) is 5.32 Å². The molecule has 18 heavy (non-hydrogen) atoms. The molecule has 94 valence electrons. The van der Waals surface area contributed by atoms with Crippen LogP contribution in [0.5, 0.6) is 0 Å². The first-order chi connectivity index (χ1) is 8.47. The molecule has 3 nitrogen and oxygen atoms in total. The van der Waals surface area contributed by atoms with Gasteiger partial charge in [0.15, 0.2) is 11.6 Å². The van der Waals surface area contributed by atoms with Gasteiger partial charge in [-0.2, -0.15) is 4.98 Å². The Kier molecular flexibility index (Phi) is 3.82. The van der Waals surface area contributed by atoms with Crippen LogP contribution in [0.2, 0.25) is 5.28 Å². The van der Waals surface area contributed by atoms with E-state index in [1.807, 2.05) is 26.0 Å². The molecule has 0 radical (unpaired) electrons. The Morgan fingerprint density at radius 3 is 2.50 bits per heavy atom. The number of hydrogen-bond acceptors (Lipinski definition) is 3. The van der Waals surface area contributed by atoms with Crippen LogP contribution in [0.3, 0.4) is 0 Å². The van der Waals surface area contributed by atoms with Crippen LogP contribution in [0.25, 0.3) is 0 Å². The first-order valence-electron chi connectivity index (χ1n) is 5.19. The molecule has 0 bridgehead atoms. The lowest BCUT2D eigenvalue weighted by Crippen LogP contribution is -2.02.